The molecule has 1 aliphatic heterocycles. The summed E-state index contributed by atoms with van der Waals surface area (Å²) in [5.74, 6) is 0.838. The molecule has 1 aromatic carbocycles. The number of piperazine rings is 1. The number of nitrogens with zero attached hydrogens (tertiary/aromatic N) is 3. The molecule has 1 saturated heterocycles. The molecule has 0 aliphatic carbocycles. The molecule has 22 heavy (non-hydrogen) atoms. The number of halogens is 2. The van der Waals surface area contributed by atoms with Crippen molar-refractivity contribution in [2.45, 2.75) is 6.10 Å². The number of hydrogen-bond acceptors (Lipinski definition) is 4. The Bertz CT molecular complexity index is 646. The largest absolute Gasteiger partial charge is 0.391 e. The number of benzene rings is 1. The van der Waals surface area contributed by atoms with E-state index in [1.54, 1.807) is 18.3 Å². The number of alkyl halides is 1. The molecule has 0 radical (unpaired) electrons. The molecule has 0 amide bonds. The van der Waals surface area contributed by atoms with Crippen LogP contribution in [-0.2, 0) is 0 Å². The van der Waals surface area contributed by atoms with E-state index in [4.69, 9.17) is 11.6 Å². The van der Waals surface area contributed by atoms with Crippen LogP contribution >= 0.6 is 11.6 Å². The number of rotatable bonds is 4. The van der Waals surface area contributed by atoms with Crippen molar-refractivity contribution in [1.82, 2.24) is 9.88 Å². The Morgan fingerprint density at radius 1 is 1.23 bits per heavy atom. The van der Waals surface area contributed by atoms with Crippen molar-refractivity contribution in [2.24, 2.45) is 0 Å². The van der Waals surface area contributed by atoms with Crippen molar-refractivity contribution in [3.63, 3.8) is 0 Å². The van der Waals surface area contributed by atoms with Gasteiger partial charge in [0.2, 0.25) is 0 Å². The molecule has 1 N–H and O–H groups in total. The summed E-state index contributed by atoms with van der Waals surface area (Å²) in [6, 6.07) is 6.69. The highest BCUT2D eigenvalue weighted by atomic mass is 35.5. The molecule has 0 saturated carbocycles. The monoisotopic (exact) mass is 323 g/mol. The predicted molar refractivity (Wildman–Crippen MR) is 87.1 cm³/mol. The molecule has 0 bridgehead atoms. The average Bonchev–Trinajstić information content (AvgIpc) is 2.55. The smallest absolute Gasteiger partial charge is 0.136 e. The van der Waals surface area contributed by atoms with Gasteiger partial charge in [0.15, 0.2) is 0 Å². The van der Waals surface area contributed by atoms with Gasteiger partial charge in [0.05, 0.1) is 6.10 Å². The van der Waals surface area contributed by atoms with Gasteiger partial charge < -0.3 is 10.0 Å². The maximum Gasteiger partial charge on any atom is 0.136 e. The Labute approximate surface area is 134 Å². The quantitative estimate of drug-likeness (QED) is 0.875. The SMILES string of the molecule is OC(CCl)CN1CCN(c2nccc3ccc(F)cc23)CC1. The lowest BCUT2D eigenvalue weighted by molar-refractivity contribution is 0.125. The highest BCUT2D eigenvalue weighted by Crippen LogP contribution is 2.26. The highest BCUT2D eigenvalue weighted by Gasteiger charge is 2.21. The lowest BCUT2D eigenvalue weighted by Crippen LogP contribution is -2.49. The third-order valence-electron chi connectivity index (χ3n) is 4.03. The van der Waals surface area contributed by atoms with E-state index in [1.165, 1.54) is 6.07 Å². The van der Waals surface area contributed by atoms with Crippen LogP contribution in [0.5, 0.6) is 0 Å². The standard InChI is InChI=1S/C16H19ClFN3O/c17-10-14(22)11-20-5-7-21(8-6-20)16-15-9-13(18)2-1-12(15)3-4-19-16/h1-4,9,14,22H,5-8,10-11H2. The predicted octanol–water partition coefficient (Wildman–Crippen LogP) is 2.10. The number of pyridine rings is 1. The van der Waals surface area contributed by atoms with E-state index in [9.17, 15) is 9.50 Å². The lowest BCUT2D eigenvalue weighted by Gasteiger charge is -2.36. The van der Waals surface area contributed by atoms with Crippen LogP contribution in [0.4, 0.5) is 10.2 Å². The second kappa shape index (κ2) is 6.77. The molecule has 118 valence electrons. The molecule has 1 atom stereocenters. The maximum absolute atomic E-state index is 13.5. The Kier molecular flexibility index (Phi) is 4.76. The number of fused-ring (bicyclic) bond motifs is 1. The Morgan fingerprint density at radius 2 is 2.00 bits per heavy atom. The summed E-state index contributed by atoms with van der Waals surface area (Å²) in [6.45, 7) is 3.87. The van der Waals surface area contributed by atoms with Gasteiger partial charge in [-0.2, -0.15) is 0 Å². The van der Waals surface area contributed by atoms with E-state index in [2.05, 4.69) is 14.8 Å². The van der Waals surface area contributed by atoms with Crippen molar-refractivity contribution in [3.8, 4) is 0 Å². The molecule has 1 aromatic heterocycles. The summed E-state index contributed by atoms with van der Waals surface area (Å²) in [6.07, 6.45) is 1.28. The fourth-order valence-corrected chi connectivity index (χ4v) is 2.96. The third kappa shape index (κ3) is 3.32. The molecule has 3 rings (SSSR count). The molecule has 1 fully saturated rings. The van der Waals surface area contributed by atoms with Crippen molar-refractivity contribution in [2.75, 3.05) is 43.5 Å². The summed E-state index contributed by atoms with van der Waals surface area (Å²) < 4.78 is 13.5. The van der Waals surface area contributed by atoms with Gasteiger partial charge >= 0.3 is 0 Å². The first-order chi connectivity index (χ1) is 10.7. The molecule has 0 spiro atoms. The highest BCUT2D eigenvalue weighted by molar-refractivity contribution is 6.18. The van der Waals surface area contributed by atoms with Crippen LogP contribution in [0.25, 0.3) is 10.8 Å². The van der Waals surface area contributed by atoms with Crippen LogP contribution in [0.15, 0.2) is 30.5 Å². The van der Waals surface area contributed by atoms with Crippen LogP contribution in [0.1, 0.15) is 0 Å². The Hall–Kier alpha value is -1.43. The number of aromatic nitrogens is 1. The van der Waals surface area contributed by atoms with Gasteiger partial charge in [-0.1, -0.05) is 6.07 Å². The summed E-state index contributed by atoms with van der Waals surface area (Å²) >= 11 is 5.64. The number of aliphatic hydroxyl groups is 1. The molecule has 1 aliphatic rings. The van der Waals surface area contributed by atoms with Gasteiger partial charge in [0.1, 0.15) is 11.6 Å². The summed E-state index contributed by atoms with van der Waals surface area (Å²) in [4.78, 5) is 8.81. The number of anilines is 1. The van der Waals surface area contributed by atoms with Gasteiger partial charge in [-0.3, -0.25) is 4.90 Å². The van der Waals surface area contributed by atoms with Crippen molar-refractivity contribution < 1.29 is 9.50 Å². The van der Waals surface area contributed by atoms with E-state index >= 15 is 0 Å². The van der Waals surface area contributed by atoms with Crippen LogP contribution < -0.4 is 4.90 Å². The molecule has 4 nitrogen and oxygen atoms in total. The summed E-state index contributed by atoms with van der Waals surface area (Å²) in [5, 5.41) is 11.5. The molecule has 6 heteroatoms. The van der Waals surface area contributed by atoms with E-state index < -0.39 is 6.10 Å². The molecule has 1 unspecified atom stereocenters. The Balaban J connectivity index is 1.75. The van der Waals surface area contributed by atoms with Gasteiger partial charge in [-0.15, -0.1) is 11.6 Å². The molecular formula is C16H19ClFN3O. The van der Waals surface area contributed by atoms with Crippen molar-refractivity contribution >= 4 is 28.2 Å². The first-order valence-electron chi connectivity index (χ1n) is 7.43. The first-order valence-corrected chi connectivity index (χ1v) is 7.96. The van der Waals surface area contributed by atoms with Crippen molar-refractivity contribution in [1.29, 1.82) is 0 Å². The fourth-order valence-electron chi connectivity index (χ4n) is 2.87. The minimum Gasteiger partial charge on any atom is -0.391 e. The summed E-state index contributed by atoms with van der Waals surface area (Å²) in [5.41, 5.74) is 0. The van der Waals surface area contributed by atoms with Crippen LogP contribution in [0.2, 0.25) is 0 Å². The summed E-state index contributed by atoms with van der Waals surface area (Å²) in [7, 11) is 0. The second-order valence-corrected chi connectivity index (χ2v) is 5.90. The number of aliphatic hydroxyl groups excluding tert-OH is 1. The molecule has 2 aromatic rings. The van der Waals surface area contributed by atoms with Gasteiger partial charge in [0.25, 0.3) is 0 Å². The van der Waals surface area contributed by atoms with E-state index in [0.717, 1.165) is 42.8 Å². The fraction of sp³-hybridized carbons (Fsp3) is 0.438. The zero-order valence-electron chi connectivity index (χ0n) is 12.3. The number of hydrogen-bond donors (Lipinski definition) is 1. The van der Waals surface area contributed by atoms with Crippen LogP contribution in [0.3, 0.4) is 0 Å². The maximum atomic E-state index is 13.5. The van der Waals surface area contributed by atoms with Gasteiger partial charge in [-0.25, -0.2) is 9.37 Å². The van der Waals surface area contributed by atoms with E-state index in [1.807, 2.05) is 6.07 Å². The normalized spacial score (nSPS) is 17.9. The Morgan fingerprint density at radius 3 is 2.73 bits per heavy atom. The van der Waals surface area contributed by atoms with Gasteiger partial charge in [0, 0.05) is 50.2 Å². The van der Waals surface area contributed by atoms with E-state index in [0.29, 0.717) is 6.54 Å². The average molecular weight is 324 g/mol. The lowest BCUT2D eigenvalue weighted by atomic mass is 10.1. The topological polar surface area (TPSA) is 39.6 Å². The molecular weight excluding hydrogens is 305 g/mol. The minimum atomic E-state index is -0.488. The van der Waals surface area contributed by atoms with Gasteiger partial charge in [-0.05, 0) is 23.6 Å². The zero-order valence-corrected chi connectivity index (χ0v) is 13.0. The van der Waals surface area contributed by atoms with E-state index in [-0.39, 0.29) is 11.7 Å². The van der Waals surface area contributed by atoms with Crippen LogP contribution in [0, 0.1) is 5.82 Å². The minimum absolute atomic E-state index is 0.245. The second-order valence-electron chi connectivity index (χ2n) is 5.60. The third-order valence-corrected chi connectivity index (χ3v) is 4.38. The van der Waals surface area contributed by atoms with Crippen LogP contribution in [-0.4, -0.2) is 59.7 Å². The first kappa shape index (κ1) is 15.5. The molecule has 2 heterocycles. The number of β-amino-alcohol motifs (C(OH)–C–C–N with tert-alkyl or cyclic N) is 1. The zero-order chi connectivity index (χ0) is 15.5. The van der Waals surface area contributed by atoms with Crippen molar-refractivity contribution in [3.05, 3.63) is 36.3 Å².